The molecule has 0 bridgehead atoms. The predicted octanol–water partition coefficient (Wildman–Crippen LogP) is 3.48. The average molecular weight is 389 g/mol. The van der Waals surface area contributed by atoms with E-state index < -0.39 is 24.0 Å². The first-order chi connectivity index (χ1) is 13.3. The highest BCUT2D eigenvalue weighted by molar-refractivity contribution is 6.00. The molecule has 6 nitrogen and oxygen atoms in total. The van der Waals surface area contributed by atoms with Gasteiger partial charge in [-0.3, -0.25) is 9.78 Å². The van der Waals surface area contributed by atoms with Crippen molar-refractivity contribution in [1.82, 2.24) is 24.9 Å². The lowest BCUT2D eigenvalue weighted by molar-refractivity contribution is -0.158. The van der Waals surface area contributed by atoms with Gasteiger partial charge >= 0.3 is 6.18 Å². The third-order valence-corrected chi connectivity index (χ3v) is 4.94. The molecule has 1 unspecified atom stereocenters. The van der Waals surface area contributed by atoms with Gasteiger partial charge in [-0.1, -0.05) is 0 Å². The number of hydrogen-bond donors (Lipinski definition) is 1. The number of alkyl halides is 3. The lowest BCUT2D eigenvalue weighted by atomic mass is 10.1. The number of aromatic nitrogens is 4. The lowest BCUT2D eigenvalue weighted by Crippen LogP contribution is -2.46. The summed E-state index contributed by atoms with van der Waals surface area (Å²) >= 11 is 0. The van der Waals surface area contributed by atoms with Crippen LogP contribution < -0.4 is 5.32 Å². The van der Waals surface area contributed by atoms with Crippen molar-refractivity contribution in [2.75, 3.05) is 0 Å². The van der Waals surface area contributed by atoms with Crippen LogP contribution in [-0.4, -0.2) is 37.7 Å². The van der Waals surface area contributed by atoms with E-state index in [0.29, 0.717) is 24.2 Å². The second-order valence-electron chi connectivity index (χ2n) is 7.10. The summed E-state index contributed by atoms with van der Waals surface area (Å²) < 4.78 is 41.2. The summed E-state index contributed by atoms with van der Waals surface area (Å²) in [6, 6.07) is 1.79. The molecule has 3 aromatic rings. The van der Waals surface area contributed by atoms with Crippen LogP contribution in [0.1, 0.15) is 34.5 Å². The maximum atomic E-state index is 13.3. The van der Waals surface area contributed by atoms with Crippen molar-refractivity contribution in [2.45, 2.75) is 38.9 Å². The first-order valence-corrected chi connectivity index (χ1v) is 8.89. The normalized spacial score (nSPS) is 15.6. The Morgan fingerprint density at radius 2 is 2.04 bits per heavy atom. The Morgan fingerprint density at radius 3 is 2.68 bits per heavy atom. The Bertz CT molecular complexity index is 1060. The lowest BCUT2D eigenvalue weighted by Gasteiger charge is -2.20. The molecule has 146 valence electrons. The van der Waals surface area contributed by atoms with Crippen molar-refractivity contribution in [3.05, 3.63) is 47.5 Å². The minimum atomic E-state index is -4.48. The van der Waals surface area contributed by atoms with Crippen LogP contribution in [0.15, 0.2) is 30.7 Å². The predicted molar refractivity (Wildman–Crippen MR) is 95.7 cm³/mol. The third-order valence-electron chi connectivity index (χ3n) is 4.94. The number of fused-ring (bicyclic) bond motifs is 1. The smallest absolute Gasteiger partial charge is 0.340 e. The monoisotopic (exact) mass is 389 g/mol. The third kappa shape index (κ3) is 3.32. The molecule has 1 saturated carbocycles. The summed E-state index contributed by atoms with van der Waals surface area (Å²) in [5.41, 5.74) is 3.25. The summed E-state index contributed by atoms with van der Waals surface area (Å²) in [5, 5.41) is 6.26. The molecular weight excluding hydrogens is 371 g/mol. The van der Waals surface area contributed by atoms with Gasteiger partial charge in [-0.2, -0.15) is 18.3 Å². The SMILES string of the molecule is Cc1ccncc1-c1cc(C)n2ncc(C(=O)NC(C3CC3)C(F)(F)F)c2n1. The van der Waals surface area contributed by atoms with Crippen LogP contribution >= 0.6 is 0 Å². The van der Waals surface area contributed by atoms with E-state index >= 15 is 0 Å². The minimum absolute atomic E-state index is 0.0152. The molecule has 1 fully saturated rings. The van der Waals surface area contributed by atoms with Crippen LogP contribution in [0.4, 0.5) is 13.2 Å². The standard InChI is InChI=1S/C19H18F3N5O/c1-10-5-6-23-8-13(10)15-7-11(2)27-17(25-15)14(9-24-27)18(28)26-16(12-3-4-12)19(20,21)22/h5-9,12,16H,3-4H2,1-2H3,(H,26,28). The highest BCUT2D eigenvalue weighted by atomic mass is 19.4. The van der Waals surface area contributed by atoms with Crippen LogP contribution in [0.3, 0.4) is 0 Å². The zero-order valence-electron chi connectivity index (χ0n) is 15.3. The van der Waals surface area contributed by atoms with Gasteiger partial charge in [0.2, 0.25) is 0 Å². The number of aryl methyl sites for hydroxylation is 2. The van der Waals surface area contributed by atoms with Gasteiger partial charge in [0, 0.05) is 23.7 Å². The first kappa shape index (κ1) is 18.4. The fraction of sp³-hybridized carbons (Fsp3) is 0.368. The van der Waals surface area contributed by atoms with E-state index in [-0.39, 0.29) is 11.2 Å². The number of carbonyl (C=O) groups is 1. The van der Waals surface area contributed by atoms with E-state index in [0.717, 1.165) is 11.1 Å². The molecule has 1 aliphatic rings. The zero-order chi connectivity index (χ0) is 20.1. The molecule has 1 amide bonds. The van der Waals surface area contributed by atoms with Crippen molar-refractivity contribution in [2.24, 2.45) is 5.92 Å². The first-order valence-electron chi connectivity index (χ1n) is 8.89. The Balaban J connectivity index is 1.74. The van der Waals surface area contributed by atoms with Crippen molar-refractivity contribution < 1.29 is 18.0 Å². The van der Waals surface area contributed by atoms with E-state index in [4.69, 9.17) is 0 Å². The topological polar surface area (TPSA) is 72.2 Å². The molecule has 28 heavy (non-hydrogen) atoms. The number of carbonyl (C=O) groups excluding carboxylic acids is 1. The van der Waals surface area contributed by atoms with Gasteiger partial charge in [0.25, 0.3) is 5.91 Å². The fourth-order valence-corrected chi connectivity index (χ4v) is 3.26. The molecule has 0 aliphatic heterocycles. The Hall–Kier alpha value is -2.97. The second-order valence-corrected chi connectivity index (χ2v) is 7.10. The molecule has 1 aliphatic carbocycles. The van der Waals surface area contributed by atoms with Crippen LogP contribution in [0, 0.1) is 19.8 Å². The quantitative estimate of drug-likeness (QED) is 0.742. The number of nitrogens with one attached hydrogen (secondary N) is 1. The van der Waals surface area contributed by atoms with Gasteiger partial charge in [0.05, 0.1) is 11.9 Å². The van der Waals surface area contributed by atoms with Gasteiger partial charge in [-0.25, -0.2) is 9.50 Å². The minimum Gasteiger partial charge on any atom is -0.340 e. The number of amides is 1. The molecule has 0 radical (unpaired) electrons. The van der Waals surface area contributed by atoms with E-state index in [9.17, 15) is 18.0 Å². The molecule has 1 atom stereocenters. The average Bonchev–Trinajstić information content (AvgIpc) is 3.37. The maximum Gasteiger partial charge on any atom is 0.408 e. The highest BCUT2D eigenvalue weighted by Gasteiger charge is 2.49. The fourth-order valence-electron chi connectivity index (χ4n) is 3.26. The van der Waals surface area contributed by atoms with Crippen LogP contribution in [-0.2, 0) is 0 Å². The summed E-state index contributed by atoms with van der Waals surface area (Å²) in [5.74, 6) is -1.38. The molecule has 0 aromatic carbocycles. The van der Waals surface area contributed by atoms with Crippen LogP contribution in [0.2, 0.25) is 0 Å². The summed E-state index contributed by atoms with van der Waals surface area (Å²) in [7, 11) is 0. The molecule has 9 heteroatoms. The van der Waals surface area contributed by atoms with E-state index in [2.05, 4.69) is 20.4 Å². The van der Waals surface area contributed by atoms with Crippen molar-refractivity contribution in [1.29, 1.82) is 0 Å². The molecule has 3 aromatic heterocycles. The van der Waals surface area contributed by atoms with E-state index in [1.54, 1.807) is 25.4 Å². The number of halogens is 3. The summed E-state index contributed by atoms with van der Waals surface area (Å²) in [6.07, 6.45) is 1.02. The van der Waals surface area contributed by atoms with Crippen LogP contribution in [0.5, 0.6) is 0 Å². The second kappa shape index (κ2) is 6.57. The Kier molecular flexibility index (Phi) is 4.32. The van der Waals surface area contributed by atoms with Gasteiger partial charge in [-0.05, 0) is 50.3 Å². The molecule has 1 N–H and O–H groups in total. The molecule has 4 rings (SSSR count). The maximum absolute atomic E-state index is 13.3. The Labute approximate surface area is 158 Å². The molecule has 3 heterocycles. The van der Waals surface area contributed by atoms with Crippen molar-refractivity contribution >= 4 is 11.6 Å². The summed E-state index contributed by atoms with van der Waals surface area (Å²) in [6.45, 7) is 3.70. The Morgan fingerprint density at radius 1 is 1.29 bits per heavy atom. The number of rotatable bonds is 4. The molecular formula is C19H18F3N5O. The number of hydrogen-bond acceptors (Lipinski definition) is 4. The van der Waals surface area contributed by atoms with Crippen molar-refractivity contribution in [3.63, 3.8) is 0 Å². The highest BCUT2D eigenvalue weighted by Crippen LogP contribution is 2.40. The molecule has 0 saturated heterocycles. The van der Waals surface area contributed by atoms with Gasteiger partial charge in [-0.15, -0.1) is 0 Å². The number of nitrogens with zero attached hydrogens (tertiary/aromatic N) is 4. The van der Waals surface area contributed by atoms with Gasteiger partial charge < -0.3 is 5.32 Å². The van der Waals surface area contributed by atoms with E-state index in [1.165, 1.54) is 10.7 Å². The van der Waals surface area contributed by atoms with Crippen LogP contribution in [0.25, 0.3) is 16.9 Å². The summed E-state index contributed by atoms with van der Waals surface area (Å²) in [4.78, 5) is 21.2. The van der Waals surface area contributed by atoms with E-state index in [1.807, 2.05) is 13.0 Å². The van der Waals surface area contributed by atoms with Gasteiger partial charge in [0.1, 0.15) is 11.6 Å². The zero-order valence-corrected chi connectivity index (χ0v) is 15.3. The number of pyridine rings is 1. The molecule has 0 spiro atoms. The largest absolute Gasteiger partial charge is 0.408 e. The van der Waals surface area contributed by atoms with Gasteiger partial charge in [0.15, 0.2) is 5.65 Å². The van der Waals surface area contributed by atoms with Crippen molar-refractivity contribution in [3.8, 4) is 11.3 Å².